The van der Waals surface area contributed by atoms with Gasteiger partial charge in [0.2, 0.25) is 5.78 Å². The van der Waals surface area contributed by atoms with Crippen molar-refractivity contribution in [1.29, 1.82) is 0 Å². The number of rotatable bonds is 5. The van der Waals surface area contributed by atoms with Gasteiger partial charge in [0.05, 0.1) is 10.9 Å². The summed E-state index contributed by atoms with van der Waals surface area (Å²) in [5.74, 6) is 1.26. The van der Waals surface area contributed by atoms with E-state index in [-0.39, 0.29) is 5.56 Å². The molecular formula is C18H16ClN5OS. The molecule has 0 aliphatic heterocycles. The van der Waals surface area contributed by atoms with E-state index in [0.29, 0.717) is 28.6 Å². The van der Waals surface area contributed by atoms with Crippen molar-refractivity contribution in [2.45, 2.75) is 30.8 Å². The highest BCUT2D eigenvalue weighted by molar-refractivity contribution is 7.98. The Morgan fingerprint density at radius 3 is 2.77 bits per heavy atom. The first-order chi connectivity index (χ1) is 12.7. The molecule has 0 spiro atoms. The number of para-hydroxylation sites is 1. The number of fused-ring (bicyclic) bond motifs is 3. The average molecular weight is 386 g/mol. The molecule has 0 aliphatic carbocycles. The number of hydrogen-bond acceptors (Lipinski definition) is 5. The van der Waals surface area contributed by atoms with Gasteiger partial charge in [-0.1, -0.05) is 48.5 Å². The van der Waals surface area contributed by atoms with E-state index in [1.807, 2.05) is 41.7 Å². The summed E-state index contributed by atoms with van der Waals surface area (Å²) in [6, 6.07) is 11.3. The molecule has 0 bridgehead atoms. The van der Waals surface area contributed by atoms with Crippen LogP contribution in [0.15, 0.2) is 52.5 Å². The number of benzene rings is 1. The predicted octanol–water partition coefficient (Wildman–Crippen LogP) is 3.79. The zero-order chi connectivity index (χ0) is 18.1. The van der Waals surface area contributed by atoms with Crippen molar-refractivity contribution in [2.24, 2.45) is 0 Å². The Hall–Kier alpha value is -2.38. The van der Waals surface area contributed by atoms with Gasteiger partial charge in [0.15, 0.2) is 5.16 Å². The lowest BCUT2D eigenvalue weighted by atomic mass is 10.2. The van der Waals surface area contributed by atoms with Crippen molar-refractivity contribution in [3.05, 3.63) is 63.7 Å². The second-order valence-corrected chi connectivity index (χ2v) is 7.20. The molecule has 3 aromatic heterocycles. The zero-order valence-corrected chi connectivity index (χ0v) is 15.7. The summed E-state index contributed by atoms with van der Waals surface area (Å²) in [7, 11) is 0. The predicted molar refractivity (Wildman–Crippen MR) is 104 cm³/mol. The van der Waals surface area contributed by atoms with Crippen LogP contribution in [-0.4, -0.2) is 24.1 Å². The van der Waals surface area contributed by atoms with Crippen LogP contribution in [0, 0.1) is 0 Å². The molecule has 0 amide bonds. The summed E-state index contributed by atoms with van der Waals surface area (Å²) in [5.41, 5.74) is 1.84. The van der Waals surface area contributed by atoms with E-state index in [0.717, 1.165) is 22.7 Å². The van der Waals surface area contributed by atoms with Gasteiger partial charge in [0.25, 0.3) is 5.56 Å². The molecule has 3 heterocycles. The minimum Gasteiger partial charge on any atom is -0.276 e. The van der Waals surface area contributed by atoms with Crippen LogP contribution < -0.4 is 5.56 Å². The fraction of sp³-hybridized carbons (Fsp3) is 0.222. The minimum absolute atomic E-state index is 0.0270. The molecule has 132 valence electrons. The average Bonchev–Trinajstić information content (AvgIpc) is 3.09. The second kappa shape index (κ2) is 7.09. The smallest absolute Gasteiger partial charge is 0.262 e. The van der Waals surface area contributed by atoms with Crippen LogP contribution in [0.3, 0.4) is 0 Å². The van der Waals surface area contributed by atoms with E-state index >= 15 is 0 Å². The summed E-state index contributed by atoms with van der Waals surface area (Å²) in [6.45, 7) is 2.65. The molecule has 6 nitrogen and oxygen atoms in total. The van der Waals surface area contributed by atoms with E-state index in [1.165, 1.54) is 0 Å². The fourth-order valence-electron chi connectivity index (χ4n) is 2.89. The van der Waals surface area contributed by atoms with Crippen LogP contribution in [0.2, 0.25) is 5.15 Å². The van der Waals surface area contributed by atoms with Gasteiger partial charge in [-0.25, -0.2) is 4.98 Å². The number of thioether (sulfide) groups is 1. The topological polar surface area (TPSA) is 65.1 Å². The molecular weight excluding hydrogens is 370 g/mol. The summed E-state index contributed by atoms with van der Waals surface area (Å²) in [5, 5.41) is 10.5. The van der Waals surface area contributed by atoms with Gasteiger partial charge in [0.1, 0.15) is 5.15 Å². The Balaban J connectivity index is 1.83. The van der Waals surface area contributed by atoms with Crippen molar-refractivity contribution in [1.82, 2.24) is 24.1 Å². The molecule has 4 aromatic rings. The maximum absolute atomic E-state index is 12.8. The maximum Gasteiger partial charge on any atom is 0.262 e. The van der Waals surface area contributed by atoms with Crippen molar-refractivity contribution in [3.63, 3.8) is 0 Å². The summed E-state index contributed by atoms with van der Waals surface area (Å²) in [4.78, 5) is 16.9. The van der Waals surface area contributed by atoms with Crippen LogP contribution in [0.1, 0.15) is 18.9 Å². The number of pyridine rings is 1. The van der Waals surface area contributed by atoms with Gasteiger partial charge in [-0.2, -0.15) is 0 Å². The van der Waals surface area contributed by atoms with Gasteiger partial charge < -0.3 is 0 Å². The van der Waals surface area contributed by atoms with Gasteiger partial charge >= 0.3 is 0 Å². The lowest BCUT2D eigenvalue weighted by molar-refractivity contribution is 0.662. The Kier molecular flexibility index (Phi) is 4.65. The van der Waals surface area contributed by atoms with E-state index in [1.54, 1.807) is 28.6 Å². The fourth-order valence-corrected chi connectivity index (χ4v) is 3.88. The highest BCUT2D eigenvalue weighted by Crippen LogP contribution is 2.24. The van der Waals surface area contributed by atoms with Crippen molar-refractivity contribution >= 4 is 40.0 Å². The molecule has 4 rings (SSSR count). The molecule has 0 fully saturated rings. The number of aryl methyl sites for hydroxylation is 1. The quantitative estimate of drug-likeness (QED) is 0.386. The zero-order valence-electron chi connectivity index (χ0n) is 14.1. The van der Waals surface area contributed by atoms with Crippen molar-refractivity contribution < 1.29 is 0 Å². The molecule has 1 aromatic carbocycles. The Bertz CT molecular complexity index is 1140. The third-order valence-corrected chi connectivity index (χ3v) is 5.31. The Labute approximate surface area is 158 Å². The number of hydrogen-bond donors (Lipinski definition) is 0. The van der Waals surface area contributed by atoms with Gasteiger partial charge in [-0.15, -0.1) is 10.2 Å². The van der Waals surface area contributed by atoms with Crippen molar-refractivity contribution in [3.8, 4) is 0 Å². The molecule has 0 aliphatic rings. The summed E-state index contributed by atoms with van der Waals surface area (Å²) in [6.07, 6.45) is 2.60. The molecule has 26 heavy (non-hydrogen) atoms. The van der Waals surface area contributed by atoms with E-state index in [4.69, 9.17) is 11.6 Å². The third-order valence-electron chi connectivity index (χ3n) is 4.08. The summed E-state index contributed by atoms with van der Waals surface area (Å²) >= 11 is 7.39. The molecule has 0 saturated carbocycles. The van der Waals surface area contributed by atoms with Crippen LogP contribution in [0.4, 0.5) is 0 Å². The lowest BCUT2D eigenvalue weighted by Gasteiger charge is -2.10. The normalized spacial score (nSPS) is 11.5. The third kappa shape index (κ3) is 2.97. The Morgan fingerprint density at radius 2 is 2.00 bits per heavy atom. The van der Waals surface area contributed by atoms with Crippen LogP contribution in [-0.2, 0) is 12.3 Å². The Morgan fingerprint density at radius 1 is 1.15 bits per heavy atom. The van der Waals surface area contributed by atoms with Crippen molar-refractivity contribution in [2.75, 3.05) is 0 Å². The van der Waals surface area contributed by atoms with Gasteiger partial charge in [-0.05, 0) is 30.2 Å². The second-order valence-electron chi connectivity index (χ2n) is 5.87. The highest BCUT2D eigenvalue weighted by atomic mass is 35.5. The maximum atomic E-state index is 12.8. The SMILES string of the molecule is CCCn1c(=O)c2ccccc2n2c(SCc3ccc(Cl)nc3)nnc12. The largest absolute Gasteiger partial charge is 0.276 e. The van der Waals surface area contributed by atoms with Crippen LogP contribution >= 0.6 is 23.4 Å². The standard InChI is InChI=1S/C18H16ClN5OS/c1-2-9-23-16(25)13-5-3-4-6-14(13)24-17(23)21-22-18(24)26-11-12-7-8-15(19)20-10-12/h3-8,10H,2,9,11H2,1H3. The molecule has 0 atom stereocenters. The molecule has 8 heteroatoms. The molecule has 0 radical (unpaired) electrons. The summed E-state index contributed by atoms with van der Waals surface area (Å²) < 4.78 is 3.66. The number of nitrogens with zero attached hydrogens (tertiary/aromatic N) is 5. The van der Waals surface area contributed by atoms with E-state index < -0.39 is 0 Å². The van der Waals surface area contributed by atoms with Gasteiger partial charge in [0, 0.05) is 18.5 Å². The van der Waals surface area contributed by atoms with Gasteiger partial charge in [-0.3, -0.25) is 13.8 Å². The first kappa shape index (κ1) is 17.1. The lowest BCUT2D eigenvalue weighted by Crippen LogP contribution is -2.23. The molecule has 0 N–H and O–H groups in total. The van der Waals surface area contributed by atoms with E-state index in [2.05, 4.69) is 15.2 Å². The first-order valence-electron chi connectivity index (χ1n) is 8.29. The van der Waals surface area contributed by atoms with Crippen LogP contribution in [0.25, 0.3) is 16.7 Å². The molecule has 0 unspecified atom stereocenters. The first-order valence-corrected chi connectivity index (χ1v) is 9.65. The van der Waals surface area contributed by atoms with Crippen LogP contribution in [0.5, 0.6) is 0 Å². The van der Waals surface area contributed by atoms with E-state index in [9.17, 15) is 4.79 Å². The minimum atomic E-state index is -0.0270. The monoisotopic (exact) mass is 385 g/mol. The highest BCUT2D eigenvalue weighted by Gasteiger charge is 2.16. The number of halogens is 1. The number of aromatic nitrogens is 5. The molecule has 0 saturated heterocycles.